The molecule has 0 spiro atoms. The first-order valence-electron chi connectivity index (χ1n) is 13.4. The number of sulfonamides is 1. The average molecular weight is 655 g/mol. The van der Waals surface area contributed by atoms with Crippen LogP contribution in [0.25, 0.3) is 0 Å². The molecule has 0 saturated carbocycles. The number of rotatable bonds is 13. The predicted molar refractivity (Wildman–Crippen MR) is 168 cm³/mol. The highest BCUT2D eigenvalue weighted by molar-refractivity contribution is 7.92. The lowest BCUT2D eigenvalue weighted by Crippen LogP contribution is -2.52. The topological polar surface area (TPSA) is 96.0 Å². The zero-order chi connectivity index (χ0) is 31.0. The van der Waals surface area contributed by atoms with Crippen molar-refractivity contribution in [1.82, 2.24) is 10.2 Å². The van der Waals surface area contributed by atoms with Crippen molar-refractivity contribution in [3.8, 4) is 5.75 Å². The van der Waals surface area contributed by atoms with Crippen LogP contribution >= 0.6 is 34.8 Å². The van der Waals surface area contributed by atoms with E-state index in [9.17, 15) is 18.0 Å². The third-order valence-electron chi connectivity index (χ3n) is 6.67. The normalized spacial score (nSPS) is 12.7. The maximum atomic E-state index is 14.1. The lowest BCUT2D eigenvalue weighted by atomic mass is 10.1. The van der Waals surface area contributed by atoms with Crippen LogP contribution in [0.15, 0.2) is 71.6 Å². The first-order valence-corrected chi connectivity index (χ1v) is 16.0. The molecule has 0 saturated heterocycles. The largest absolute Gasteiger partial charge is 0.492 e. The summed E-state index contributed by atoms with van der Waals surface area (Å²) in [7, 11) is -4.30. The van der Waals surface area contributed by atoms with Crippen molar-refractivity contribution in [1.29, 1.82) is 0 Å². The Balaban J connectivity index is 2.12. The fourth-order valence-electron chi connectivity index (χ4n) is 4.09. The molecule has 42 heavy (non-hydrogen) atoms. The maximum absolute atomic E-state index is 14.1. The van der Waals surface area contributed by atoms with Crippen molar-refractivity contribution in [2.24, 2.45) is 0 Å². The molecule has 0 aliphatic rings. The van der Waals surface area contributed by atoms with E-state index >= 15 is 0 Å². The van der Waals surface area contributed by atoms with Gasteiger partial charge in [-0.1, -0.05) is 59.9 Å². The van der Waals surface area contributed by atoms with Crippen LogP contribution in [0.1, 0.15) is 39.7 Å². The van der Waals surface area contributed by atoms with Crippen LogP contribution in [-0.2, 0) is 26.2 Å². The predicted octanol–water partition coefficient (Wildman–Crippen LogP) is 6.57. The SMILES string of the molecule is CCOc1ccccc1N(CC(=O)N(Cc1c(Cl)cccc1Cl)C(C)C(=O)NC(C)CC)S(=O)(=O)c1ccc(Cl)cc1. The first kappa shape index (κ1) is 33.5. The molecule has 226 valence electrons. The van der Waals surface area contributed by atoms with Crippen molar-refractivity contribution in [2.45, 2.75) is 57.6 Å². The van der Waals surface area contributed by atoms with E-state index in [0.717, 1.165) is 4.31 Å². The number of nitrogens with one attached hydrogen (secondary N) is 1. The number of benzene rings is 3. The van der Waals surface area contributed by atoms with Crippen molar-refractivity contribution >= 4 is 62.3 Å². The monoisotopic (exact) mass is 653 g/mol. The fraction of sp³-hybridized carbons (Fsp3) is 0.333. The lowest BCUT2D eigenvalue weighted by Gasteiger charge is -2.33. The van der Waals surface area contributed by atoms with Crippen LogP contribution in [0.3, 0.4) is 0 Å². The number of nitrogens with zero attached hydrogens (tertiary/aromatic N) is 2. The number of halogens is 3. The number of hydrogen-bond acceptors (Lipinski definition) is 5. The van der Waals surface area contributed by atoms with Crippen LogP contribution in [0, 0.1) is 0 Å². The molecule has 8 nitrogen and oxygen atoms in total. The molecule has 0 radical (unpaired) electrons. The third-order valence-corrected chi connectivity index (χ3v) is 9.41. The van der Waals surface area contributed by atoms with E-state index in [4.69, 9.17) is 39.5 Å². The minimum absolute atomic E-state index is 0.0748. The van der Waals surface area contributed by atoms with Gasteiger partial charge in [0, 0.05) is 33.2 Å². The standard InChI is InChI=1S/C30H34Cl3N3O5S/c1-5-20(3)34-30(38)21(4)35(18-24-25(32)10-9-11-26(24)33)29(37)19-36(27-12-7-8-13-28(27)41-6-2)42(39,40)23-16-14-22(31)15-17-23/h7-17,20-21H,5-6,18-19H2,1-4H3,(H,34,38). The van der Waals surface area contributed by atoms with Crippen LogP contribution in [0.2, 0.25) is 15.1 Å². The van der Waals surface area contributed by atoms with Gasteiger partial charge >= 0.3 is 0 Å². The summed E-state index contributed by atoms with van der Waals surface area (Å²) < 4.78 is 34.8. The Morgan fingerprint density at radius 2 is 1.52 bits per heavy atom. The quantitative estimate of drug-likeness (QED) is 0.225. The van der Waals surface area contributed by atoms with Gasteiger partial charge in [0.1, 0.15) is 18.3 Å². The van der Waals surface area contributed by atoms with Gasteiger partial charge in [-0.05, 0) is 75.7 Å². The molecule has 0 bridgehead atoms. The van der Waals surface area contributed by atoms with E-state index in [-0.39, 0.29) is 35.5 Å². The van der Waals surface area contributed by atoms with E-state index in [1.807, 2.05) is 13.8 Å². The van der Waals surface area contributed by atoms with Gasteiger partial charge in [0.05, 0.1) is 17.2 Å². The van der Waals surface area contributed by atoms with Gasteiger partial charge < -0.3 is 15.0 Å². The highest BCUT2D eigenvalue weighted by Gasteiger charge is 2.34. The fourth-order valence-corrected chi connectivity index (χ4v) is 6.16. The summed E-state index contributed by atoms with van der Waals surface area (Å²) in [5, 5.41) is 3.86. The van der Waals surface area contributed by atoms with E-state index in [2.05, 4.69) is 5.32 Å². The molecular weight excluding hydrogens is 621 g/mol. The molecule has 3 rings (SSSR count). The molecule has 3 aromatic rings. The number of carbonyl (C=O) groups is 2. The second kappa shape index (κ2) is 15.0. The van der Waals surface area contributed by atoms with Crippen molar-refractivity contribution in [3.05, 3.63) is 87.4 Å². The highest BCUT2D eigenvalue weighted by Crippen LogP contribution is 2.33. The molecule has 0 aliphatic heterocycles. The van der Waals surface area contributed by atoms with Gasteiger partial charge in [0.25, 0.3) is 10.0 Å². The van der Waals surface area contributed by atoms with Gasteiger partial charge in [-0.15, -0.1) is 0 Å². The number of hydrogen-bond donors (Lipinski definition) is 1. The van der Waals surface area contributed by atoms with Gasteiger partial charge in [-0.2, -0.15) is 0 Å². The number of ether oxygens (including phenoxy) is 1. The third kappa shape index (κ3) is 8.10. The minimum atomic E-state index is -4.30. The van der Waals surface area contributed by atoms with Crippen LogP contribution in [-0.4, -0.2) is 50.4 Å². The van der Waals surface area contributed by atoms with Gasteiger partial charge in [-0.3, -0.25) is 13.9 Å². The molecule has 2 amide bonds. The van der Waals surface area contributed by atoms with Crippen molar-refractivity contribution in [3.63, 3.8) is 0 Å². The van der Waals surface area contributed by atoms with E-state index < -0.39 is 34.4 Å². The van der Waals surface area contributed by atoms with E-state index in [1.54, 1.807) is 56.3 Å². The summed E-state index contributed by atoms with van der Waals surface area (Å²) in [4.78, 5) is 28.6. The van der Waals surface area contributed by atoms with Crippen LogP contribution < -0.4 is 14.4 Å². The molecule has 3 aromatic carbocycles. The van der Waals surface area contributed by atoms with Gasteiger partial charge in [0.15, 0.2) is 0 Å². The van der Waals surface area contributed by atoms with Crippen molar-refractivity contribution in [2.75, 3.05) is 17.5 Å². The zero-order valence-electron chi connectivity index (χ0n) is 23.8. The van der Waals surface area contributed by atoms with Crippen LogP contribution in [0.5, 0.6) is 5.75 Å². The smallest absolute Gasteiger partial charge is 0.264 e. The average Bonchev–Trinajstić information content (AvgIpc) is 2.96. The summed E-state index contributed by atoms with van der Waals surface area (Å²) in [6, 6.07) is 16.0. The summed E-state index contributed by atoms with van der Waals surface area (Å²) in [6.45, 7) is 6.62. The highest BCUT2D eigenvalue weighted by atomic mass is 35.5. The molecule has 2 atom stereocenters. The Bertz CT molecular complexity index is 1480. The molecule has 0 heterocycles. The summed E-state index contributed by atoms with van der Waals surface area (Å²) in [5.41, 5.74) is 0.592. The Hall–Kier alpha value is -2.98. The van der Waals surface area contributed by atoms with Crippen LogP contribution in [0.4, 0.5) is 5.69 Å². The second-order valence-electron chi connectivity index (χ2n) is 9.58. The molecular formula is C30H34Cl3N3O5S. The summed E-state index contributed by atoms with van der Waals surface area (Å²) >= 11 is 18.9. The zero-order valence-corrected chi connectivity index (χ0v) is 26.9. The Kier molecular flexibility index (Phi) is 11.9. The van der Waals surface area contributed by atoms with Crippen molar-refractivity contribution < 1.29 is 22.7 Å². The summed E-state index contributed by atoms with van der Waals surface area (Å²) in [5.74, 6) is -0.780. The number of anilines is 1. The molecule has 0 aromatic heterocycles. The minimum Gasteiger partial charge on any atom is -0.492 e. The number of carbonyl (C=O) groups excluding carboxylic acids is 2. The molecule has 0 aliphatic carbocycles. The number of para-hydroxylation sites is 2. The Labute approximate surface area is 262 Å². The lowest BCUT2D eigenvalue weighted by molar-refractivity contribution is -0.139. The van der Waals surface area contributed by atoms with E-state index in [0.29, 0.717) is 27.1 Å². The van der Waals surface area contributed by atoms with Gasteiger partial charge in [-0.25, -0.2) is 8.42 Å². The molecule has 2 unspecified atom stereocenters. The summed E-state index contributed by atoms with van der Waals surface area (Å²) in [6.07, 6.45) is 0.685. The first-order chi connectivity index (χ1) is 19.9. The number of amides is 2. The van der Waals surface area contributed by atoms with E-state index in [1.165, 1.54) is 29.2 Å². The molecule has 12 heteroatoms. The Morgan fingerprint density at radius 3 is 2.12 bits per heavy atom. The van der Waals surface area contributed by atoms with Gasteiger partial charge in [0.2, 0.25) is 11.8 Å². The molecule has 0 fully saturated rings. The second-order valence-corrected chi connectivity index (χ2v) is 12.7. The molecule has 1 N–H and O–H groups in total. The maximum Gasteiger partial charge on any atom is 0.264 e. The Morgan fingerprint density at radius 1 is 0.905 bits per heavy atom.